The highest BCUT2D eigenvalue weighted by atomic mass is 35.5. The van der Waals surface area contributed by atoms with Crippen molar-refractivity contribution in [3.63, 3.8) is 0 Å². The van der Waals surface area contributed by atoms with Crippen LogP contribution in [0.3, 0.4) is 0 Å². The van der Waals surface area contributed by atoms with Gasteiger partial charge in [-0.05, 0) is 56.9 Å². The number of carbonyl (C=O) groups excluding carboxylic acids is 1. The SMILES string of the molecule is COC1CC2(C1)CN(c1cc(Cl)c(C(=O)N3COc4c(cccc4-c4cc(N5C6CCC5COC6)c(C(=O)O)cc4F)C3)c(Cl)c1)[C@@H]2C. The second-order valence-electron chi connectivity index (χ2n) is 13.8. The summed E-state index contributed by atoms with van der Waals surface area (Å²) in [6.07, 6.45) is 4.15. The summed E-state index contributed by atoms with van der Waals surface area (Å²) < 4.78 is 33.1. The van der Waals surface area contributed by atoms with Crippen molar-refractivity contribution in [2.75, 3.05) is 43.4 Å². The molecule has 1 spiro atoms. The Labute approximate surface area is 288 Å². The van der Waals surface area contributed by atoms with Crippen LogP contribution in [0.4, 0.5) is 15.8 Å². The van der Waals surface area contributed by atoms with Crippen LogP contribution in [-0.2, 0) is 16.0 Å². The number of benzene rings is 3. The number of rotatable bonds is 6. The van der Waals surface area contributed by atoms with E-state index in [4.69, 9.17) is 37.4 Å². The molecule has 1 saturated carbocycles. The lowest BCUT2D eigenvalue weighted by molar-refractivity contribution is -0.0949. The number of para-hydroxylation sites is 1. The smallest absolute Gasteiger partial charge is 0.337 e. The van der Waals surface area contributed by atoms with Gasteiger partial charge in [-0.3, -0.25) is 4.79 Å². The van der Waals surface area contributed by atoms with Gasteiger partial charge in [-0.2, -0.15) is 0 Å². The van der Waals surface area contributed by atoms with Crippen LogP contribution in [-0.4, -0.2) is 79.7 Å². The van der Waals surface area contributed by atoms with Gasteiger partial charge in [0.25, 0.3) is 5.91 Å². The number of methoxy groups -OCH3 is 1. The maximum Gasteiger partial charge on any atom is 0.337 e. The van der Waals surface area contributed by atoms with Crippen molar-refractivity contribution < 1.29 is 33.3 Å². The molecule has 9 nitrogen and oxygen atoms in total. The monoisotopic (exact) mass is 695 g/mol. The molecule has 252 valence electrons. The second kappa shape index (κ2) is 11.8. The Bertz CT molecular complexity index is 1790. The van der Waals surface area contributed by atoms with E-state index < -0.39 is 11.8 Å². The van der Waals surface area contributed by atoms with Crippen LogP contribution >= 0.6 is 23.2 Å². The Kier molecular flexibility index (Phi) is 7.78. The molecule has 1 aliphatic carbocycles. The minimum absolute atomic E-state index is 0.0331. The average Bonchev–Trinajstić information content (AvgIpc) is 3.29. The molecule has 3 atom stereocenters. The minimum atomic E-state index is -1.19. The van der Waals surface area contributed by atoms with Crippen LogP contribution in [0.25, 0.3) is 11.1 Å². The highest BCUT2D eigenvalue weighted by Crippen LogP contribution is 2.55. The van der Waals surface area contributed by atoms with E-state index in [2.05, 4.69) is 16.7 Å². The van der Waals surface area contributed by atoms with Gasteiger partial charge in [-0.1, -0.05) is 41.4 Å². The first-order chi connectivity index (χ1) is 23.1. The first-order valence-corrected chi connectivity index (χ1v) is 17.1. The summed E-state index contributed by atoms with van der Waals surface area (Å²) in [6.45, 7) is 4.19. The average molecular weight is 697 g/mol. The molecule has 4 heterocycles. The quantitative estimate of drug-likeness (QED) is 0.299. The molecular formula is C36H36Cl2FN3O6. The third-order valence-corrected chi connectivity index (χ3v) is 11.8. The topological polar surface area (TPSA) is 91.8 Å². The first-order valence-electron chi connectivity index (χ1n) is 16.3. The number of anilines is 2. The Hall–Kier alpha value is -3.57. The molecule has 12 heteroatoms. The third-order valence-electron chi connectivity index (χ3n) is 11.2. The molecule has 8 rings (SSSR count). The van der Waals surface area contributed by atoms with Crippen LogP contribution in [0.1, 0.15) is 58.9 Å². The second-order valence-corrected chi connectivity index (χ2v) is 14.6. The fraction of sp³-hybridized carbons (Fsp3) is 0.444. The third kappa shape index (κ3) is 4.94. The number of carbonyl (C=O) groups is 2. The van der Waals surface area contributed by atoms with Gasteiger partial charge >= 0.3 is 5.97 Å². The predicted molar refractivity (Wildman–Crippen MR) is 180 cm³/mol. The minimum Gasteiger partial charge on any atom is -0.478 e. The lowest BCUT2D eigenvalue weighted by Crippen LogP contribution is -2.69. The molecule has 3 saturated heterocycles. The maximum absolute atomic E-state index is 15.7. The van der Waals surface area contributed by atoms with E-state index >= 15 is 4.39 Å². The number of ether oxygens (including phenoxy) is 3. The summed E-state index contributed by atoms with van der Waals surface area (Å²) in [5.41, 5.74) is 3.13. The fourth-order valence-electron chi connectivity index (χ4n) is 8.50. The van der Waals surface area contributed by atoms with Gasteiger partial charge < -0.3 is 34.0 Å². The molecule has 4 aliphatic heterocycles. The maximum atomic E-state index is 15.7. The molecule has 2 unspecified atom stereocenters. The van der Waals surface area contributed by atoms with Gasteiger partial charge in [0.15, 0.2) is 6.73 Å². The van der Waals surface area contributed by atoms with Gasteiger partial charge in [-0.15, -0.1) is 0 Å². The largest absolute Gasteiger partial charge is 0.478 e. The molecule has 3 aromatic carbocycles. The number of morpholine rings is 1. The molecule has 1 N–H and O–H groups in total. The highest BCUT2D eigenvalue weighted by molar-refractivity contribution is 6.40. The van der Waals surface area contributed by atoms with Crippen molar-refractivity contribution in [2.24, 2.45) is 5.41 Å². The zero-order valence-electron chi connectivity index (χ0n) is 26.7. The fourth-order valence-corrected chi connectivity index (χ4v) is 9.14. The number of hydrogen-bond acceptors (Lipinski definition) is 7. The standard InChI is InChI=1S/C36H36Cl2FN3O6/c1-19-36(12-24(13-36)46-2)17-41(19)23-8-28(37)32(29(38)9-23)34(43)40-14-20-4-3-5-25(33(20)48-18-40)26-11-31(27(35(44)45)10-30(26)39)42-21-6-7-22(42)16-47-15-21/h3-5,8-11,19,21-22,24H,6-7,12-18H2,1-2H3,(H,44,45)/t19-,21?,22?,24?,36?/m1/s1. The van der Waals surface area contributed by atoms with Crippen LogP contribution < -0.4 is 14.5 Å². The molecule has 0 radical (unpaired) electrons. The number of fused-ring (bicyclic) bond motifs is 3. The van der Waals surface area contributed by atoms with Crippen LogP contribution in [0, 0.1) is 11.2 Å². The lowest BCUT2D eigenvalue weighted by atomic mass is 9.57. The van der Waals surface area contributed by atoms with E-state index in [1.54, 1.807) is 37.4 Å². The van der Waals surface area contributed by atoms with Crippen LogP contribution in [0.5, 0.6) is 5.75 Å². The zero-order valence-corrected chi connectivity index (χ0v) is 28.2. The van der Waals surface area contributed by atoms with E-state index in [0.29, 0.717) is 47.9 Å². The summed E-state index contributed by atoms with van der Waals surface area (Å²) in [4.78, 5) is 31.9. The van der Waals surface area contributed by atoms with E-state index in [1.807, 2.05) is 6.07 Å². The molecule has 0 aromatic heterocycles. The van der Waals surface area contributed by atoms with Gasteiger partial charge in [0, 0.05) is 47.5 Å². The number of amides is 1. The summed E-state index contributed by atoms with van der Waals surface area (Å²) in [7, 11) is 1.75. The van der Waals surface area contributed by atoms with Crippen molar-refractivity contribution in [3.8, 4) is 16.9 Å². The molecule has 5 aliphatic rings. The number of halogens is 3. The summed E-state index contributed by atoms with van der Waals surface area (Å²) in [6, 6.07) is 12.0. The number of carboxylic acids is 1. The van der Waals surface area contributed by atoms with Gasteiger partial charge in [0.1, 0.15) is 11.6 Å². The van der Waals surface area contributed by atoms with Crippen molar-refractivity contribution in [1.29, 1.82) is 0 Å². The lowest BCUT2D eigenvalue weighted by Gasteiger charge is -2.64. The van der Waals surface area contributed by atoms with E-state index in [-0.39, 0.29) is 63.4 Å². The molecule has 3 aromatic rings. The van der Waals surface area contributed by atoms with Crippen molar-refractivity contribution in [1.82, 2.24) is 4.90 Å². The zero-order chi connectivity index (χ0) is 33.5. The van der Waals surface area contributed by atoms with Gasteiger partial charge in [0.2, 0.25) is 0 Å². The van der Waals surface area contributed by atoms with E-state index in [9.17, 15) is 14.7 Å². The van der Waals surface area contributed by atoms with Gasteiger partial charge in [-0.25, -0.2) is 9.18 Å². The first kappa shape index (κ1) is 31.7. The van der Waals surface area contributed by atoms with Crippen molar-refractivity contribution >= 4 is 46.5 Å². The van der Waals surface area contributed by atoms with E-state index in [0.717, 1.165) is 44.0 Å². The molecular weight excluding hydrogens is 660 g/mol. The molecule has 4 fully saturated rings. The molecule has 48 heavy (non-hydrogen) atoms. The Morgan fingerprint density at radius 1 is 1.04 bits per heavy atom. The molecule has 1 amide bonds. The van der Waals surface area contributed by atoms with Crippen LogP contribution in [0.15, 0.2) is 42.5 Å². The number of aromatic carboxylic acids is 1. The summed E-state index contributed by atoms with van der Waals surface area (Å²) in [5, 5.41) is 10.5. The number of nitrogens with zero attached hydrogens (tertiary/aromatic N) is 3. The summed E-state index contributed by atoms with van der Waals surface area (Å²) >= 11 is 13.5. The van der Waals surface area contributed by atoms with Crippen molar-refractivity contribution in [2.45, 2.75) is 63.4 Å². The normalized spacial score (nSPS) is 27.3. The Balaban J connectivity index is 1.05. The number of hydrogen-bond donors (Lipinski definition) is 1. The van der Waals surface area contributed by atoms with E-state index in [1.165, 1.54) is 4.90 Å². The van der Waals surface area contributed by atoms with Gasteiger partial charge in [0.05, 0.1) is 64.8 Å². The highest BCUT2D eigenvalue weighted by Gasteiger charge is 2.58. The Morgan fingerprint density at radius 3 is 2.40 bits per heavy atom. The van der Waals surface area contributed by atoms with Crippen LogP contribution in [0.2, 0.25) is 10.0 Å². The predicted octanol–water partition coefficient (Wildman–Crippen LogP) is 6.86. The Morgan fingerprint density at radius 2 is 1.75 bits per heavy atom. The summed E-state index contributed by atoms with van der Waals surface area (Å²) in [5.74, 6) is -1.78. The molecule has 2 bridgehead atoms. The number of carboxylic acid groups (broad SMARTS) is 1. The van der Waals surface area contributed by atoms with Crippen molar-refractivity contribution in [3.05, 3.63) is 75.0 Å².